The number of hydrogen-bond donors (Lipinski definition) is 1. The van der Waals surface area contributed by atoms with Gasteiger partial charge in [0.1, 0.15) is 6.29 Å². The summed E-state index contributed by atoms with van der Waals surface area (Å²) in [6.45, 7) is 0.331. The molecular formula is C16H18N4O3. The van der Waals surface area contributed by atoms with Crippen molar-refractivity contribution in [3.63, 3.8) is 0 Å². The Bertz CT molecular complexity index is 781. The van der Waals surface area contributed by atoms with E-state index in [0.29, 0.717) is 18.8 Å². The molecule has 0 unspecified atom stereocenters. The standard InChI is InChI=1S/C16H18N4O3/c1-19-13-10-11(4-2-3-9-21)5-6-12(13)15(18-19)20-8-7-14(22)17-16(20)23/h5-6,9-10H,2-4,7-8H2,1H3,(H,17,22,23). The highest BCUT2D eigenvalue weighted by molar-refractivity contribution is 6.08. The van der Waals surface area contributed by atoms with Gasteiger partial charge in [-0.25, -0.2) is 4.79 Å². The molecule has 1 aliphatic rings. The Morgan fingerprint density at radius 3 is 2.91 bits per heavy atom. The Morgan fingerprint density at radius 1 is 1.35 bits per heavy atom. The molecule has 1 saturated heterocycles. The average Bonchev–Trinajstić information content (AvgIpc) is 2.84. The molecule has 0 bridgehead atoms. The second-order valence-electron chi connectivity index (χ2n) is 5.61. The summed E-state index contributed by atoms with van der Waals surface area (Å²) in [5.41, 5.74) is 2.06. The van der Waals surface area contributed by atoms with Crippen molar-refractivity contribution in [3.05, 3.63) is 23.8 Å². The Hall–Kier alpha value is -2.70. The van der Waals surface area contributed by atoms with Gasteiger partial charge >= 0.3 is 6.03 Å². The summed E-state index contributed by atoms with van der Waals surface area (Å²) in [4.78, 5) is 35.2. The number of nitrogens with zero attached hydrogens (tertiary/aromatic N) is 3. The van der Waals surface area contributed by atoms with Crippen molar-refractivity contribution < 1.29 is 14.4 Å². The molecule has 0 spiro atoms. The molecule has 7 nitrogen and oxygen atoms in total. The fourth-order valence-electron chi connectivity index (χ4n) is 2.79. The number of aromatic nitrogens is 2. The van der Waals surface area contributed by atoms with E-state index in [1.165, 1.54) is 4.90 Å². The molecule has 0 aliphatic carbocycles. The van der Waals surface area contributed by atoms with Crippen molar-refractivity contribution in [2.75, 3.05) is 11.4 Å². The van der Waals surface area contributed by atoms with Crippen molar-refractivity contribution in [3.8, 4) is 0 Å². The van der Waals surface area contributed by atoms with Gasteiger partial charge in [0.05, 0.1) is 5.52 Å². The van der Waals surface area contributed by atoms with Crippen LogP contribution in [0.2, 0.25) is 0 Å². The van der Waals surface area contributed by atoms with Gasteiger partial charge in [0.15, 0.2) is 5.82 Å². The van der Waals surface area contributed by atoms with Gasteiger partial charge in [-0.2, -0.15) is 5.10 Å². The second-order valence-corrected chi connectivity index (χ2v) is 5.61. The summed E-state index contributed by atoms with van der Waals surface area (Å²) in [6.07, 6.45) is 3.39. The average molecular weight is 314 g/mol. The summed E-state index contributed by atoms with van der Waals surface area (Å²) in [5.74, 6) is 0.302. The van der Waals surface area contributed by atoms with Crippen molar-refractivity contribution in [1.29, 1.82) is 0 Å². The van der Waals surface area contributed by atoms with E-state index in [1.54, 1.807) is 4.68 Å². The lowest BCUT2D eigenvalue weighted by Crippen LogP contribution is -2.49. The Morgan fingerprint density at radius 2 is 2.17 bits per heavy atom. The predicted octanol–water partition coefficient (Wildman–Crippen LogP) is 1.54. The van der Waals surface area contributed by atoms with Crippen LogP contribution in [0, 0.1) is 0 Å². The first-order valence-electron chi connectivity index (χ1n) is 7.61. The fraction of sp³-hybridized carbons (Fsp3) is 0.375. The summed E-state index contributed by atoms with van der Waals surface area (Å²) >= 11 is 0. The van der Waals surface area contributed by atoms with Crippen LogP contribution in [-0.4, -0.2) is 34.5 Å². The number of imide groups is 1. The first kappa shape index (κ1) is 15.2. The van der Waals surface area contributed by atoms with E-state index in [0.717, 1.165) is 35.6 Å². The number of amides is 3. The van der Waals surface area contributed by atoms with E-state index < -0.39 is 6.03 Å². The Labute approximate surface area is 133 Å². The molecule has 0 atom stereocenters. The third-order valence-electron chi connectivity index (χ3n) is 3.99. The lowest BCUT2D eigenvalue weighted by atomic mass is 10.1. The van der Waals surface area contributed by atoms with Gasteiger partial charge < -0.3 is 4.79 Å². The zero-order chi connectivity index (χ0) is 16.4. The highest BCUT2D eigenvalue weighted by Crippen LogP contribution is 2.28. The molecule has 1 fully saturated rings. The Balaban J connectivity index is 1.92. The molecule has 1 N–H and O–H groups in total. The number of hydrogen-bond acceptors (Lipinski definition) is 4. The highest BCUT2D eigenvalue weighted by atomic mass is 16.2. The van der Waals surface area contributed by atoms with Crippen LogP contribution in [-0.2, 0) is 23.1 Å². The zero-order valence-corrected chi connectivity index (χ0v) is 12.9. The second kappa shape index (κ2) is 6.20. The minimum atomic E-state index is -0.434. The van der Waals surface area contributed by atoms with Crippen molar-refractivity contribution >= 4 is 34.9 Å². The number of benzene rings is 1. The van der Waals surface area contributed by atoms with Crippen LogP contribution >= 0.6 is 0 Å². The topological polar surface area (TPSA) is 84.3 Å². The molecule has 7 heteroatoms. The van der Waals surface area contributed by atoms with Crippen LogP contribution in [0.15, 0.2) is 18.2 Å². The largest absolute Gasteiger partial charge is 0.329 e. The SMILES string of the molecule is Cn1nc(N2CCC(=O)NC2=O)c2ccc(CCCC=O)cc21. The third-order valence-corrected chi connectivity index (χ3v) is 3.99. The monoisotopic (exact) mass is 314 g/mol. The highest BCUT2D eigenvalue weighted by Gasteiger charge is 2.27. The van der Waals surface area contributed by atoms with Gasteiger partial charge in [-0.15, -0.1) is 0 Å². The summed E-state index contributed by atoms with van der Waals surface area (Å²) in [5, 5.41) is 7.63. The summed E-state index contributed by atoms with van der Waals surface area (Å²) in [6, 6.07) is 5.53. The first-order chi connectivity index (χ1) is 11.1. The minimum Gasteiger partial charge on any atom is -0.303 e. The van der Waals surface area contributed by atoms with Gasteiger partial charge in [0.25, 0.3) is 0 Å². The number of unbranched alkanes of at least 4 members (excludes halogenated alkanes) is 1. The van der Waals surface area contributed by atoms with E-state index in [-0.39, 0.29) is 12.3 Å². The molecule has 0 radical (unpaired) electrons. The molecule has 2 heterocycles. The van der Waals surface area contributed by atoms with Crippen LogP contribution in [0.25, 0.3) is 10.9 Å². The maximum atomic E-state index is 12.0. The zero-order valence-electron chi connectivity index (χ0n) is 12.9. The first-order valence-corrected chi connectivity index (χ1v) is 7.61. The molecule has 120 valence electrons. The normalized spacial score (nSPS) is 15.1. The van der Waals surface area contributed by atoms with Gasteiger partial charge in [0, 0.05) is 31.8 Å². The van der Waals surface area contributed by atoms with Crippen molar-refractivity contribution in [1.82, 2.24) is 15.1 Å². The molecule has 3 rings (SSSR count). The molecular weight excluding hydrogens is 296 g/mol. The van der Waals surface area contributed by atoms with Crippen molar-refractivity contribution in [2.45, 2.75) is 25.7 Å². The number of rotatable bonds is 5. The van der Waals surface area contributed by atoms with E-state index in [2.05, 4.69) is 10.4 Å². The van der Waals surface area contributed by atoms with Gasteiger partial charge in [-0.3, -0.25) is 19.7 Å². The maximum absolute atomic E-state index is 12.0. The number of aryl methyl sites for hydroxylation is 2. The molecule has 1 aromatic carbocycles. The summed E-state index contributed by atoms with van der Waals surface area (Å²) < 4.78 is 1.73. The number of nitrogens with one attached hydrogen (secondary N) is 1. The fourth-order valence-corrected chi connectivity index (χ4v) is 2.79. The smallest absolute Gasteiger partial charge is 0.303 e. The molecule has 1 aliphatic heterocycles. The lowest BCUT2D eigenvalue weighted by molar-refractivity contribution is -0.120. The number of urea groups is 1. The molecule has 0 saturated carbocycles. The number of carbonyl (C=O) groups excluding carboxylic acids is 3. The van der Waals surface area contributed by atoms with Crippen LogP contribution in [0.3, 0.4) is 0 Å². The van der Waals surface area contributed by atoms with E-state index in [1.807, 2.05) is 25.2 Å². The van der Waals surface area contributed by atoms with Crippen LogP contribution in [0.5, 0.6) is 0 Å². The van der Waals surface area contributed by atoms with Gasteiger partial charge in [0.2, 0.25) is 5.91 Å². The number of aldehydes is 1. The maximum Gasteiger partial charge on any atom is 0.329 e. The number of carbonyl (C=O) groups is 3. The van der Waals surface area contributed by atoms with Crippen LogP contribution in [0.1, 0.15) is 24.8 Å². The predicted molar refractivity (Wildman–Crippen MR) is 85.2 cm³/mol. The number of fused-ring (bicyclic) bond motifs is 1. The lowest BCUT2D eigenvalue weighted by Gasteiger charge is -2.24. The van der Waals surface area contributed by atoms with Gasteiger partial charge in [-0.05, 0) is 30.5 Å². The van der Waals surface area contributed by atoms with Crippen LogP contribution < -0.4 is 10.2 Å². The molecule has 1 aromatic heterocycles. The molecule has 23 heavy (non-hydrogen) atoms. The minimum absolute atomic E-state index is 0.260. The van der Waals surface area contributed by atoms with Crippen LogP contribution in [0.4, 0.5) is 10.6 Å². The number of anilines is 1. The molecule has 3 amide bonds. The van der Waals surface area contributed by atoms with E-state index in [9.17, 15) is 14.4 Å². The molecule has 2 aromatic rings. The quantitative estimate of drug-likeness (QED) is 0.670. The van der Waals surface area contributed by atoms with E-state index >= 15 is 0 Å². The summed E-state index contributed by atoms with van der Waals surface area (Å²) in [7, 11) is 1.83. The Kier molecular flexibility index (Phi) is 4.10. The van der Waals surface area contributed by atoms with Crippen molar-refractivity contribution in [2.24, 2.45) is 7.05 Å². The van der Waals surface area contributed by atoms with Gasteiger partial charge in [-0.1, -0.05) is 6.07 Å². The van der Waals surface area contributed by atoms with E-state index in [4.69, 9.17) is 0 Å². The third kappa shape index (κ3) is 2.94.